The third-order valence-electron chi connectivity index (χ3n) is 10.1. The fraction of sp³-hybridized carbons (Fsp3) is 0. The monoisotopic (exact) mass is 654 g/mol. The van der Waals surface area contributed by atoms with Crippen molar-refractivity contribution in [3.8, 4) is 33.4 Å². The topological polar surface area (TPSA) is 64.8 Å². The van der Waals surface area contributed by atoms with Gasteiger partial charge < -0.3 is 4.42 Å². The maximum atomic E-state index is 14.3. The number of furan rings is 1. The van der Waals surface area contributed by atoms with E-state index >= 15 is 0 Å². The largest absolute Gasteiger partial charge is 0.456 e. The Morgan fingerprint density at radius 3 is 2.02 bits per heavy atom. The molecule has 0 radical (unpaired) electrons. The van der Waals surface area contributed by atoms with Gasteiger partial charge in [-0.1, -0.05) is 103 Å². The Bertz CT molecular complexity index is 3260. The van der Waals surface area contributed by atoms with Crippen molar-refractivity contribution < 1.29 is 4.42 Å². The van der Waals surface area contributed by atoms with E-state index in [-0.39, 0.29) is 5.56 Å². The van der Waals surface area contributed by atoms with Crippen molar-refractivity contribution in [2.24, 2.45) is 0 Å². The molecule has 4 heterocycles. The van der Waals surface area contributed by atoms with E-state index in [1.165, 1.54) is 11.1 Å². The summed E-state index contributed by atoms with van der Waals surface area (Å²) in [6.45, 7) is 0. The normalized spacial score (nSPS) is 12.0. The Morgan fingerprint density at radius 2 is 1.16 bits per heavy atom. The van der Waals surface area contributed by atoms with E-state index in [0.29, 0.717) is 16.7 Å². The summed E-state index contributed by atoms with van der Waals surface area (Å²) in [6.07, 6.45) is 0. The molecule has 238 valence electrons. The van der Waals surface area contributed by atoms with Gasteiger partial charge in [0.25, 0.3) is 5.56 Å². The van der Waals surface area contributed by atoms with E-state index in [9.17, 15) is 4.79 Å². The van der Waals surface area contributed by atoms with E-state index in [1.807, 2.05) is 89.3 Å². The molecule has 7 aromatic carbocycles. The van der Waals surface area contributed by atoms with Crippen molar-refractivity contribution in [3.63, 3.8) is 0 Å². The molecular weight excluding hydrogens is 629 g/mol. The molecule has 0 unspecified atom stereocenters. The first kappa shape index (κ1) is 27.9. The Morgan fingerprint density at radius 1 is 0.451 bits per heavy atom. The summed E-state index contributed by atoms with van der Waals surface area (Å²) in [5.41, 5.74) is 12.0. The number of nitrogens with zero attached hydrogens (tertiary/aromatic N) is 4. The number of hydrogen-bond donors (Lipinski definition) is 0. The molecule has 0 N–H and O–H groups in total. The van der Waals surface area contributed by atoms with Gasteiger partial charge >= 0.3 is 0 Å². The number of fused-ring (bicyclic) bond motifs is 12. The fourth-order valence-electron chi connectivity index (χ4n) is 7.71. The minimum Gasteiger partial charge on any atom is -0.456 e. The number of hydrogen-bond acceptors (Lipinski definition) is 4. The van der Waals surface area contributed by atoms with Crippen LogP contribution in [0.15, 0.2) is 167 Å². The zero-order valence-corrected chi connectivity index (χ0v) is 27.1. The predicted molar refractivity (Wildman–Crippen MR) is 206 cm³/mol. The van der Waals surface area contributed by atoms with Crippen LogP contribution in [0.5, 0.6) is 0 Å². The first-order chi connectivity index (χ1) is 25.2. The molecular formula is C45H26N4O2. The molecule has 0 saturated carbocycles. The van der Waals surface area contributed by atoms with Gasteiger partial charge in [-0.15, -0.1) is 0 Å². The predicted octanol–water partition coefficient (Wildman–Crippen LogP) is 10.7. The third kappa shape index (κ3) is 4.07. The summed E-state index contributed by atoms with van der Waals surface area (Å²) in [4.78, 5) is 24.5. The van der Waals surface area contributed by atoms with Crippen molar-refractivity contribution in [1.29, 1.82) is 0 Å². The van der Waals surface area contributed by atoms with Gasteiger partial charge in [-0.05, 0) is 88.0 Å². The maximum Gasteiger partial charge on any atom is 0.267 e. The van der Waals surface area contributed by atoms with Crippen molar-refractivity contribution in [2.75, 3.05) is 0 Å². The molecule has 0 fully saturated rings. The highest BCUT2D eigenvalue weighted by Crippen LogP contribution is 2.39. The van der Waals surface area contributed by atoms with Crippen LogP contribution in [0, 0.1) is 0 Å². The minimum absolute atomic E-state index is 0.118. The third-order valence-corrected chi connectivity index (χ3v) is 10.1. The minimum atomic E-state index is -0.118. The van der Waals surface area contributed by atoms with Crippen LogP contribution in [-0.2, 0) is 0 Å². The van der Waals surface area contributed by atoms with Crippen molar-refractivity contribution in [2.45, 2.75) is 0 Å². The Labute approximate surface area is 290 Å². The van der Waals surface area contributed by atoms with Crippen LogP contribution in [0.3, 0.4) is 0 Å². The van der Waals surface area contributed by atoms with Gasteiger partial charge in [-0.3, -0.25) is 9.20 Å². The second-order valence-corrected chi connectivity index (χ2v) is 13.0. The Hall–Kier alpha value is -7.05. The number of benzene rings is 7. The molecule has 0 saturated heterocycles. The van der Waals surface area contributed by atoms with Crippen LogP contribution in [0.1, 0.15) is 0 Å². The summed E-state index contributed by atoms with van der Waals surface area (Å²) >= 11 is 0. The van der Waals surface area contributed by atoms with Crippen molar-refractivity contribution in [3.05, 3.63) is 168 Å². The van der Waals surface area contributed by atoms with Crippen molar-refractivity contribution in [1.82, 2.24) is 18.8 Å². The summed E-state index contributed by atoms with van der Waals surface area (Å²) < 4.78 is 10.1. The average molecular weight is 655 g/mol. The number of rotatable bonds is 3. The summed E-state index contributed by atoms with van der Waals surface area (Å²) in [7, 11) is 0. The molecule has 0 aliphatic heterocycles. The summed E-state index contributed by atoms with van der Waals surface area (Å²) in [5.74, 6) is 0.530. The quantitative estimate of drug-likeness (QED) is 0.140. The van der Waals surface area contributed by atoms with Crippen LogP contribution in [-0.4, -0.2) is 18.8 Å². The first-order valence-corrected chi connectivity index (χ1v) is 17.0. The van der Waals surface area contributed by atoms with Gasteiger partial charge in [0.15, 0.2) is 0 Å². The van der Waals surface area contributed by atoms with Gasteiger partial charge in [-0.25, -0.2) is 14.4 Å². The Kier molecular flexibility index (Phi) is 5.72. The Balaban J connectivity index is 1.12. The lowest BCUT2D eigenvalue weighted by Crippen LogP contribution is -2.18. The first-order valence-electron chi connectivity index (χ1n) is 17.0. The van der Waals surface area contributed by atoms with Gasteiger partial charge in [0.1, 0.15) is 16.8 Å². The van der Waals surface area contributed by atoms with Crippen LogP contribution in [0.25, 0.3) is 99.6 Å². The SMILES string of the molecule is O=c1c2ccc(-c3cccc4oc5ccc(-c6ccc(-c7ccccc7)cc6)cc5c34)cc2nc2n1c1ccccc1c1nc3ccccc3n12. The number of para-hydroxylation sites is 3. The second kappa shape index (κ2) is 10.5. The van der Waals surface area contributed by atoms with Gasteiger partial charge in [0, 0.05) is 16.2 Å². The van der Waals surface area contributed by atoms with Crippen LogP contribution < -0.4 is 5.56 Å². The standard InChI is InChI=1S/C45H26N4O2/c50-44-33-23-21-31(26-37(33)47-45-48-39-15-7-5-13-36(39)46-43(48)34-11-4-6-14-38(34)49(44)45)32-12-8-16-41-42(32)35-25-30(22-24-40(35)51-41)29-19-17-28(18-20-29)27-9-2-1-3-10-27/h1-26H. The molecule has 6 nitrogen and oxygen atoms in total. The van der Waals surface area contributed by atoms with Crippen LogP contribution >= 0.6 is 0 Å². The van der Waals surface area contributed by atoms with E-state index in [1.54, 1.807) is 4.40 Å². The molecule has 0 atom stereocenters. The van der Waals surface area contributed by atoms with Crippen LogP contribution in [0.4, 0.5) is 0 Å². The highest BCUT2D eigenvalue weighted by Gasteiger charge is 2.19. The molecule has 0 amide bonds. The summed E-state index contributed by atoms with van der Waals surface area (Å²) in [5, 5.41) is 3.51. The van der Waals surface area contributed by atoms with Gasteiger partial charge in [-0.2, -0.15) is 0 Å². The molecule has 0 spiro atoms. The zero-order valence-electron chi connectivity index (χ0n) is 27.1. The van der Waals surface area contributed by atoms with Crippen molar-refractivity contribution >= 4 is 66.2 Å². The van der Waals surface area contributed by atoms with Gasteiger partial charge in [0.05, 0.1) is 27.5 Å². The lowest BCUT2D eigenvalue weighted by Gasteiger charge is -2.12. The molecule has 4 aromatic heterocycles. The molecule has 51 heavy (non-hydrogen) atoms. The van der Waals surface area contributed by atoms with E-state index in [0.717, 1.165) is 71.8 Å². The molecule has 0 bridgehead atoms. The summed E-state index contributed by atoms with van der Waals surface area (Å²) in [6, 6.07) is 53.5. The van der Waals surface area contributed by atoms with E-state index < -0.39 is 0 Å². The van der Waals surface area contributed by atoms with E-state index in [2.05, 4.69) is 72.8 Å². The lowest BCUT2D eigenvalue weighted by molar-refractivity contribution is 0.669. The second-order valence-electron chi connectivity index (χ2n) is 13.0. The molecule has 11 rings (SSSR count). The smallest absolute Gasteiger partial charge is 0.267 e. The fourth-order valence-corrected chi connectivity index (χ4v) is 7.71. The highest BCUT2D eigenvalue weighted by atomic mass is 16.3. The average Bonchev–Trinajstić information content (AvgIpc) is 3.77. The number of aromatic nitrogens is 4. The zero-order chi connectivity index (χ0) is 33.6. The number of imidazole rings is 1. The maximum absolute atomic E-state index is 14.3. The molecule has 0 aliphatic rings. The molecule has 11 aromatic rings. The molecule has 0 aliphatic carbocycles. The highest BCUT2D eigenvalue weighted by molar-refractivity contribution is 6.13. The lowest BCUT2D eigenvalue weighted by atomic mass is 9.96. The van der Waals surface area contributed by atoms with Gasteiger partial charge in [0.2, 0.25) is 5.78 Å². The molecule has 6 heteroatoms. The van der Waals surface area contributed by atoms with E-state index in [4.69, 9.17) is 14.4 Å². The van der Waals surface area contributed by atoms with Crippen LogP contribution in [0.2, 0.25) is 0 Å².